The third-order valence-corrected chi connectivity index (χ3v) is 3.99. The number of rotatable bonds is 3. The lowest BCUT2D eigenvalue weighted by Crippen LogP contribution is -2.48. The van der Waals surface area contributed by atoms with Gasteiger partial charge in [-0.3, -0.25) is 4.79 Å². The molecule has 0 radical (unpaired) electrons. The number of thiazole rings is 1. The molecule has 4 nitrogen and oxygen atoms in total. The first-order chi connectivity index (χ1) is 8.16. The monoisotopic (exact) mass is 253 g/mol. The van der Waals surface area contributed by atoms with Crippen molar-refractivity contribution >= 4 is 17.2 Å². The van der Waals surface area contributed by atoms with Crippen LogP contribution in [0.15, 0.2) is 5.38 Å². The second kappa shape index (κ2) is 5.60. The molecule has 1 unspecified atom stereocenters. The van der Waals surface area contributed by atoms with Gasteiger partial charge in [0.05, 0.1) is 5.01 Å². The predicted octanol–water partition coefficient (Wildman–Crippen LogP) is 1.06. The van der Waals surface area contributed by atoms with Crippen molar-refractivity contribution in [1.82, 2.24) is 15.2 Å². The van der Waals surface area contributed by atoms with Gasteiger partial charge in [-0.05, 0) is 6.92 Å². The summed E-state index contributed by atoms with van der Waals surface area (Å²) in [6.07, 6.45) is 0.765. The van der Waals surface area contributed by atoms with Crippen LogP contribution in [-0.2, 0) is 11.2 Å². The first-order valence-corrected chi connectivity index (χ1v) is 6.95. The van der Waals surface area contributed by atoms with E-state index in [2.05, 4.69) is 10.3 Å². The molecule has 2 heterocycles. The summed E-state index contributed by atoms with van der Waals surface area (Å²) >= 11 is 1.65. The van der Waals surface area contributed by atoms with Crippen LogP contribution in [0.3, 0.4) is 0 Å². The van der Waals surface area contributed by atoms with Gasteiger partial charge in [-0.15, -0.1) is 11.3 Å². The van der Waals surface area contributed by atoms with Crippen molar-refractivity contribution in [3.05, 3.63) is 16.1 Å². The maximum absolute atomic E-state index is 12.2. The Morgan fingerprint density at radius 3 is 2.88 bits per heavy atom. The van der Waals surface area contributed by atoms with Crippen molar-refractivity contribution in [1.29, 1.82) is 0 Å². The second-order valence-corrected chi connectivity index (χ2v) is 5.51. The second-order valence-electron chi connectivity index (χ2n) is 4.56. The number of hydrogen-bond acceptors (Lipinski definition) is 4. The molecule has 1 aromatic rings. The number of amides is 1. The average Bonchev–Trinajstić information content (AvgIpc) is 2.75. The normalized spacial score (nSPS) is 18.1. The Bertz CT molecular complexity index is 385. The molecule has 1 aliphatic heterocycles. The van der Waals surface area contributed by atoms with Crippen molar-refractivity contribution < 1.29 is 4.79 Å². The van der Waals surface area contributed by atoms with Crippen LogP contribution in [-0.4, -0.2) is 42.0 Å². The molecule has 17 heavy (non-hydrogen) atoms. The standard InChI is InChI=1S/C12H19N3OS/c1-9(7-11-14-10(2)8-17-11)12(16)15-5-3-13-4-6-15/h8-9,13H,3-7H2,1-2H3. The molecule has 1 aliphatic rings. The number of carbonyl (C=O) groups excluding carboxylic acids is 1. The molecular weight excluding hydrogens is 234 g/mol. The lowest BCUT2D eigenvalue weighted by atomic mass is 10.1. The van der Waals surface area contributed by atoms with Crippen LogP contribution in [0.2, 0.25) is 0 Å². The summed E-state index contributed by atoms with van der Waals surface area (Å²) in [7, 11) is 0. The van der Waals surface area contributed by atoms with Crippen LogP contribution in [0, 0.1) is 12.8 Å². The summed E-state index contributed by atoms with van der Waals surface area (Å²) in [6.45, 7) is 7.48. The fourth-order valence-electron chi connectivity index (χ4n) is 2.04. The largest absolute Gasteiger partial charge is 0.340 e. The van der Waals surface area contributed by atoms with Crippen molar-refractivity contribution in [3.63, 3.8) is 0 Å². The smallest absolute Gasteiger partial charge is 0.225 e. The molecule has 0 bridgehead atoms. The van der Waals surface area contributed by atoms with Gasteiger partial charge >= 0.3 is 0 Å². The van der Waals surface area contributed by atoms with Crippen LogP contribution in [0.25, 0.3) is 0 Å². The predicted molar refractivity (Wildman–Crippen MR) is 69.2 cm³/mol. The average molecular weight is 253 g/mol. The number of nitrogens with zero attached hydrogens (tertiary/aromatic N) is 2. The van der Waals surface area contributed by atoms with Crippen molar-refractivity contribution in [2.75, 3.05) is 26.2 Å². The van der Waals surface area contributed by atoms with Gasteiger partial charge in [-0.1, -0.05) is 6.92 Å². The molecule has 2 rings (SSSR count). The minimum Gasteiger partial charge on any atom is -0.340 e. The molecule has 94 valence electrons. The van der Waals surface area contributed by atoms with Gasteiger partial charge in [-0.25, -0.2) is 4.98 Å². The van der Waals surface area contributed by atoms with Crippen LogP contribution in [0.4, 0.5) is 0 Å². The number of carbonyl (C=O) groups is 1. The van der Waals surface area contributed by atoms with Gasteiger partial charge in [-0.2, -0.15) is 0 Å². The highest BCUT2D eigenvalue weighted by molar-refractivity contribution is 7.09. The molecule has 1 amide bonds. The molecule has 1 saturated heterocycles. The third-order valence-electron chi connectivity index (χ3n) is 3.00. The third kappa shape index (κ3) is 3.26. The van der Waals surface area contributed by atoms with E-state index in [0.29, 0.717) is 0 Å². The molecule has 0 spiro atoms. The van der Waals surface area contributed by atoms with Gasteiger partial charge < -0.3 is 10.2 Å². The highest BCUT2D eigenvalue weighted by atomic mass is 32.1. The minimum absolute atomic E-state index is 0.0404. The zero-order valence-corrected chi connectivity index (χ0v) is 11.2. The maximum atomic E-state index is 12.2. The molecule has 0 aliphatic carbocycles. The van der Waals surface area contributed by atoms with E-state index < -0.39 is 0 Å². The van der Waals surface area contributed by atoms with Crippen LogP contribution in [0.1, 0.15) is 17.6 Å². The van der Waals surface area contributed by atoms with Crippen LogP contribution < -0.4 is 5.32 Å². The van der Waals surface area contributed by atoms with Crippen molar-refractivity contribution in [3.8, 4) is 0 Å². The Balaban J connectivity index is 1.90. The number of aryl methyl sites for hydroxylation is 1. The first kappa shape index (κ1) is 12.5. The van der Waals surface area contributed by atoms with Gasteiger partial charge in [0.1, 0.15) is 0 Å². The van der Waals surface area contributed by atoms with Crippen molar-refractivity contribution in [2.45, 2.75) is 20.3 Å². The fourth-order valence-corrected chi connectivity index (χ4v) is 2.94. The molecule has 1 N–H and O–H groups in total. The highest BCUT2D eigenvalue weighted by Crippen LogP contribution is 2.15. The van der Waals surface area contributed by atoms with Gasteiger partial charge in [0, 0.05) is 49.6 Å². The summed E-state index contributed by atoms with van der Waals surface area (Å²) in [5.74, 6) is 0.304. The van der Waals surface area contributed by atoms with Gasteiger partial charge in [0.25, 0.3) is 0 Å². The topological polar surface area (TPSA) is 45.2 Å². The molecule has 5 heteroatoms. The Morgan fingerprint density at radius 2 is 2.29 bits per heavy atom. The minimum atomic E-state index is 0.0404. The van der Waals surface area contributed by atoms with Gasteiger partial charge in [0.15, 0.2) is 0 Å². The van der Waals surface area contributed by atoms with E-state index in [4.69, 9.17) is 0 Å². The summed E-state index contributed by atoms with van der Waals surface area (Å²) < 4.78 is 0. The van der Waals surface area contributed by atoms with E-state index in [1.807, 2.05) is 24.1 Å². The van der Waals surface area contributed by atoms with Crippen LogP contribution >= 0.6 is 11.3 Å². The highest BCUT2D eigenvalue weighted by Gasteiger charge is 2.22. The molecule has 1 fully saturated rings. The Hall–Kier alpha value is -0.940. The van der Waals surface area contributed by atoms with Gasteiger partial charge in [0.2, 0.25) is 5.91 Å². The van der Waals surface area contributed by atoms with E-state index in [9.17, 15) is 4.79 Å². The Labute approximate surface area is 106 Å². The molecular formula is C12H19N3OS. The number of piperazine rings is 1. The zero-order valence-electron chi connectivity index (χ0n) is 10.4. The summed E-state index contributed by atoms with van der Waals surface area (Å²) in [6, 6.07) is 0. The number of aromatic nitrogens is 1. The summed E-state index contributed by atoms with van der Waals surface area (Å²) in [4.78, 5) is 18.6. The SMILES string of the molecule is Cc1csc(CC(C)C(=O)N2CCNCC2)n1. The zero-order chi connectivity index (χ0) is 12.3. The van der Waals surface area contributed by atoms with Crippen LogP contribution in [0.5, 0.6) is 0 Å². The van der Waals surface area contributed by atoms with E-state index in [1.165, 1.54) is 0 Å². The van der Waals surface area contributed by atoms with E-state index >= 15 is 0 Å². The summed E-state index contributed by atoms with van der Waals surface area (Å²) in [5, 5.41) is 6.36. The van der Waals surface area contributed by atoms with E-state index in [0.717, 1.165) is 43.3 Å². The van der Waals surface area contributed by atoms with E-state index in [-0.39, 0.29) is 11.8 Å². The number of hydrogen-bond donors (Lipinski definition) is 1. The van der Waals surface area contributed by atoms with E-state index in [1.54, 1.807) is 11.3 Å². The quantitative estimate of drug-likeness (QED) is 0.876. The Morgan fingerprint density at radius 1 is 1.59 bits per heavy atom. The maximum Gasteiger partial charge on any atom is 0.225 e. The fraction of sp³-hybridized carbons (Fsp3) is 0.667. The lowest BCUT2D eigenvalue weighted by molar-refractivity contribution is -0.135. The lowest BCUT2D eigenvalue weighted by Gasteiger charge is -2.29. The summed E-state index contributed by atoms with van der Waals surface area (Å²) in [5.41, 5.74) is 1.05. The number of nitrogens with one attached hydrogen (secondary N) is 1. The molecule has 1 atom stereocenters. The van der Waals surface area contributed by atoms with Crippen molar-refractivity contribution in [2.24, 2.45) is 5.92 Å². The molecule has 0 saturated carbocycles. The molecule has 0 aromatic carbocycles. The first-order valence-electron chi connectivity index (χ1n) is 6.07. The molecule has 1 aromatic heterocycles. The Kier molecular flexibility index (Phi) is 4.12.